The van der Waals surface area contributed by atoms with Gasteiger partial charge in [0.2, 0.25) is 0 Å². The van der Waals surface area contributed by atoms with Gasteiger partial charge in [0.15, 0.2) is 0 Å². The Morgan fingerprint density at radius 2 is 1.72 bits per heavy atom. The van der Waals surface area contributed by atoms with Crippen LogP contribution in [0.3, 0.4) is 0 Å². The maximum Gasteiger partial charge on any atom is 0.0767 e. The van der Waals surface area contributed by atoms with Gasteiger partial charge in [0, 0.05) is 19.1 Å². The summed E-state index contributed by atoms with van der Waals surface area (Å²) < 4.78 is 3.15. The Bertz CT molecular complexity index is 372. The van der Waals surface area contributed by atoms with E-state index >= 15 is 0 Å². The summed E-state index contributed by atoms with van der Waals surface area (Å²) in [6.07, 6.45) is 4.46. The van der Waals surface area contributed by atoms with Gasteiger partial charge in [-0.3, -0.25) is 4.68 Å². The third kappa shape index (κ3) is 3.15. The number of nitrogens with zero attached hydrogens (tertiary/aromatic N) is 2. The van der Waals surface area contributed by atoms with E-state index in [0.29, 0.717) is 0 Å². The van der Waals surface area contributed by atoms with E-state index in [1.165, 1.54) is 5.69 Å². The molecule has 3 nitrogen and oxygen atoms in total. The van der Waals surface area contributed by atoms with Crippen molar-refractivity contribution in [2.45, 2.75) is 65.5 Å². The first kappa shape index (κ1) is 15.7. The number of aryl methyl sites for hydroxylation is 2. The molecule has 1 aromatic rings. The highest BCUT2D eigenvalue weighted by molar-refractivity contribution is 9.10. The van der Waals surface area contributed by atoms with E-state index in [2.05, 4.69) is 54.0 Å². The van der Waals surface area contributed by atoms with Crippen LogP contribution < -0.4 is 5.32 Å². The Balaban J connectivity index is 2.82. The molecule has 0 fully saturated rings. The first-order chi connectivity index (χ1) is 8.53. The summed E-state index contributed by atoms with van der Waals surface area (Å²) in [7, 11) is 2.02. The monoisotopic (exact) mass is 315 g/mol. The van der Waals surface area contributed by atoms with Crippen molar-refractivity contribution < 1.29 is 0 Å². The van der Waals surface area contributed by atoms with Gasteiger partial charge in [-0.2, -0.15) is 5.10 Å². The first-order valence-electron chi connectivity index (χ1n) is 6.98. The molecule has 0 aliphatic heterocycles. The quantitative estimate of drug-likeness (QED) is 0.829. The van der Waals surface area contributed by atoms with Crippen LogP contribution in [0.4, 0.5) is 0 Å². The first-order valence-corrected chi connectivity index (χ1v) is 7.78. The lowest BCUT2D eigenvalue weighted by molar-refractivity contribution is 0.285. The summed E-state index contributed by atoms with van der Waals surface area (Å²) in [5, 5.41) is 8.26. The molecule has 4 heteroatoms. The van der Waals surface area contributed by atoms with E-state index in [9.17, 15) is 0 Å². The zero-order valence-corrected chi connectivity index (χ0v) is 13.9. The number of halogens is 1. The van der Waals surface area contributed by atoms with Gasteiger partial charge in [0.1, 0.15) is 0 Å². The molecule has 1 aromatic heterocycles. The molecule has 1 rings (SSSR count). The molecule has 0 saturated heterocycles. The maximum absolute atomic E-state index is 4.54. The molecule has 104 valence electrons. The van der Waals surface area contributed by atoms with Gasteiger partial charge in [-0.25, -0.2) is 0 Å². The van der Waals surface area contributed by atoms with Crippen molar-refractivity contribution in [3.63, 3.8) is 0 Å². The van der Waals surface area contributed by atoms with Gasteiger partial charge in [-0.1, -0.05) is 27.7 Å². The van der Waals surface area contributed by atoms with E-state index < -0.39 is 0 Å². The van der Waals surface area contributed by atoms with Gasteiger partial charge >= 0.3 is 0 Å². The van der Waals surface area contributed by atoms with Gasteiger partial charge in [0.05, 0.1) is 15.9 Å². The van der Waals surface area contributed by atoms with E-state index in [-0.39, 0.29) is 5.54 Å². The molecule has 1 heterocycles. The number of hydrogen-bond donors (Lipinski definition) is 1. The smallest absolute Gasteiger partial charge is 0.0767 e. The zero-order chi connectivity index (χ0) is 13.8. The zero-order valence-electron chi connectivity index (χ0n) is 12.3. The molecule has 0 aliphatic carbocycles. The highest BCUT2D eigenvalue weighted by Crippen LogP contribution is 2.24. The molecule has 18 heavy (non-hydrogen) atoms. The minimum atomic E-state index is 0.260. The van der Waals surface area contributed by atoms with Crippen LogP contribution in [0.2, 0.25) is 0 Å². The standard InChI is InChI=1S/C14H26BrN3/c1-6-11-13(15)12(18(5)17-11)10-16-14(7-2,8-3)9-4/h16H,6-10H2,1-5H3. The summed E-state index contributed by atoms with van der Waals surface area (Å²) >= 11 is 3.67. The molecule has 0 unspecified atom stereocenters. The van der Waals surface area contributed by atoms with Crippen molar-refractivity contribution in [3.05, 3.63) is 15.9 Å². The molecule has 0 saturated carbocycles. The Morgan fingerprint density at radius 1 is 1.17 bits per heavy atom. The molecule has 0 amide bonds. The summed E-state index contributed by atoms with van der Waals surface area (Å²) in [6.45, 7) is 9.79. The predicted octanol–water partition coefficient (Wildman–Crippen LogP) is 3.80. The second-order valence-electron chi connectivity index (χ2n) is 4.88. The summed E-state index contributed by atoms with van der Waals surface area (Å²) in [5.74, 6) is 0. The van der Waals surface area contributed by atoms with Crippen LogP contribution in [0.5, 0.6) is 0 Å². The molecule has 0 bridgehead atoms. The van der Waals surface area contributed by atoms with Gasteiger partial charge < -0.3 is 5.32 Å². The minimum absolute atomic E-state index is 0.260. The SMILES string of the molecule is CCc1nn(C)c(CNC(CC)(CC)CC)c1Br. The van der Waals surface area contributed by atoms with Gasteiger partial charge in [-0.05, 0) is 41.6 Å². The van der Waals surface area contributed by atoms with Crippen LogP contribution in [0.15, 0.2) is 4.47 Å². The normalized spacial score (nSPS) is 12.1. The van der Waals surface area contributed by atoms with Crippen LogP contribution >= 0.6 is 15.9 Å². The van der Waals surface area contributed by atoms with Crippen LogP contribution in [-0.4, -0.2) is 15.3 Å². The number of aromatic nitrogens is 2. The van der Waals surface area contributed by atoms with E-state index in [1.807, 2.05) is 11.7 Å². The van der Waals surface area contributed by atoms with Crippen molar-refractivity contribution in [3.8, 4) is 0 Å². The lowest BCUT2D eigenvalue weighted by atomic mass is 9.90. The Morgan fingerprint density at radius 3 is 2.11 bits per heavy atom. The Kier molecular flexibility index (Phi) is 5.86. The van der Waals surface area contributed by atoms with Crippen molar-refractivity contribution in [1.29, 1.82) is 0 Å². The molecular formula is C14H26BrN3. The third-order valence-electron chi connectivity index (χ3n) is 4.16. The molecule has 0 spiro atoms. The summed E-state index contributed by atoms with van der Waals surface area (Å²) in [5.41, 5.74) is 2.65. The Labute approximate surface area is 119 Å². The van der Waals surface area contributed by atoms with E-state index in [1.54, 1.807) is 0 Å². The highest BCUT2D eigenvalue weighted by atomic mass is 79.9. The second-order valence-corrected chi connectivity index (χ2v) is 5.67. The summed E-state index contributed by atoms with van der Waals surface area (Å²) in [6, 6.07) is 0. The fourth-order valence-electron chi connectivity index (χ4n) is 2.41. The highest BCUT2D eigenvalue weighted by Gasteiger charge is 2.24. The third-order valence-corrected chi connectivity index (χ3v) is 5.08. The Hall–Kier alpha value is -0.350. The molecule has 0 atom stereocenters. The van der Waals surface area contributed by atoms with Crippen molar-refractivity contribution >= 4 is 15.9 Å². The fraction of sp³-hybridized carbons (Fsp3) is 0.786. The van der Waals surface area contributed by atoms with Crippen molar-refractivity contribution in [2.24, 2.45) is 7.05 Å². The maximum atomic E-state index is 4.54. The number of hydrogen-bond acceptors (Lipinski definition) is 2. The number of nitrogens with one attached hydrogen (secondary N) is 1. The van der Waals surface area contributed by atoms with E-state index in [0.717, 1.165) is 42.4 Å². The average Bonchev–Trinajstić information content (AvgIpc) is 2.67. The second kappa shape index (κ2) is 6.71. The fourth-order valence-corrected chi connectivity index (χ4v) is 3.16. The van der Waals surface area contributed by atoms with Crippen LogP contribution in [0, 0.1) is 0 Å². The van der Waals surface area contributed by atoms with Crippen LogP contribution in [0.1, 0.15) is 58.3 Å². The van der Waals surface area contributed by atoms with Crippen molar-refractivity contribution in [2.75, 3.05) is 0 Å². The molecule has 0 aliphatic rings. The number of rotatable bonds is 7. The van der Waals surface area contributed by atoms with E-state index in [4.69, 9.17) is 0 Å². The van der Waals surface area contributed by atoms with Crippen LogP contribution in [-0.2, 0) is 20.0 Å². The minimum Gasteiger partial charge on any atom is -0.306 e. The molecular weight excluding hydrogens is 290 g/mol. The van der Waals surface area contributed by atoms with Crippen LogP contribution in [0.25, 0.3) is 0 Å². The topological polar surface area (TPSA) is 29.9 Å². The lowest BCUT2D eigenvalue weighted by Crippen LogP contribution is -2.43. The molecule has 0 radical (unpaired) electrons. The largest absolute Gasteiger partial charge is 0.306 e. The van der Waals surface area contributed by atoms with Gasteiger partial charge in [0.25, 0.3) is 0 Å². The summed E-state index contributed by atoms with van der Waals surface area (Å²) in [4.78, 5) is 0. The lowest BCUT2D eigenvalue weighted by Gasteiger charge is -2.32. The van der Waals surface area contributed by atoms with Gasteiger partial charge in [-0.15, -0.1) is 0 Å². The average molecular weight is 316 g/mol. The van der Waals surface area contributed by atoms with Crippen molar-refractivity contribution in [1.82, 2.24) is 15.1 Å². The molecule has 1 N–H and O–H groups in total. The predicted molar refractivity (Wildman–Crippen MR) is 80.7 cm³/mol. The molecule has 0 aromatic carbocycles.